The van der Waals surface area contributed by atoms with Crippen LogP contribution in [0.1, 0.15) is 22.8 Å². The number of methoxy groups -OCH3 is 1. The van der Waals surface area contributed by atoms with Crippen molar-refractivity contribution < 1.29 is 28.8 Å². The summed E-state index contributed by atoms with van der Waals surface area (Å²) >= 11 is 1.51. The molecular formula is C23H28O6S. The summed E-state index contributed by atoms with van der Waals surface area (Å²) in [4.78, 5) is 12.7. The van der Waals surface area contributed by atoms with Gasteiger partial charge in [0.1, 0.15) is 23.7 Å². The summed E-state index contributed by atoms with van der Waals surface area (Å²) in [5.41, 5.74) is 0.979. The molecule has 0 unspecified atom stereocenters. The number of thioether (sulfide) groups is 1. The van der Waals surface area contributed by atoms with Crippen molar-refractivity contribution in [3.05, 3.63) is 71.8 Å². The molecule has 0 amide bonds. The van der Waals surface area contributed by atoms with E-state index in [4.69, 9.17) is 18.9 Å². The smallest absolute Gasteiger partial charge is 0.338 e. The maximum Gasteiger partial charge on any atom is 0.338 e. The van der Waals surface area contributed by atoms with Crippen LogP contribution < -0.4 is 0 Å². The van der Waals surface area contributed by atoms with Gasteiger partial charge >= 0.3 is 5.97 Å². The summed E-state index contributed by atoms with van der Waals surface area (Å²) in [5, 5.41) is 9.93. The van der Waals surface area contributed by atoms with E-state index in [0.29, 0.717) is 12.2 Å². The van der Waals surface area contributed by atoms with E-state index in [1.54, 1.807) is 31.4 Å². The predicted molar refractivity (Wildman–Crippen MR) is 115 cm³/mol. The second-order valence-electron chi connectivity index (χ2n) is 6.88. The molecule has 0 aliphatic carbocycles. The Morgan fingerprint density at radius 2 is 1.70 bits per heavy atom. The molecular weight excluding hydrogens is 404 g/mol. The average molecular weight is 433 g/mol. The zero-order valence-electron chi connectivity index (χ0n) is 17.2. The van der Waals surface area contributed by atoms with Crippen LogP contribution in [-0.4, -0.2) is 60.4 Å². The molecule has 6 nitrogen and oxygen atoms in total. The van der Waals surface area contributed by atoms with E-state index < -0.39 is 35.8 Å². The number of hydrogen-bond acceptors (Lipinski definition) is 7. The van der Waals surface area contributed by atoms with Gasteiger partial charge in [0.25, 0.3) is 0 Å². The van der Waals surface area contributed by atoms with Crippen LogP contribution in [0.25, 0.3) is 0 Å². The van der Waals surface area contributed by atoms with Gasteiger partial charge in [-0.05, 0) is 23.4 Å². The molecule has 0 spiro atoms. The lowest BCUT2D eigenvalue weighted by Crippen LogP contribution is -2.60. The van der Waals surface area contributed by atoms with Gasteiger partial charge in [0.2, 0.25) is 0 Å². The number of rotatable bonds is 9. The lowest BCUT2D eigenvalue weighted by atomic mass is 9.99. The van der Waals surface area contributed by atoms with Crippen molar-refractivity contribution in [3.63, 3.8) is 0 Å². The minimum atomic E-state index is -0.684. The summed E-state index contributed by atoms with van der Waals surface area (Å²) < 4.78 is 23.8. The van der Waals surface area contributed by atoms with Crippen LogP contribution in [0.5, 0.6) is 0 Å². The molecule has 0 radical (unpaired) electrons. The second-order valence-corrected chi connectivity index (χ2v) is 8.25. The molecule has 162 valence electrons. The van der Waals surface area contributed by atoms with Gasteiger partial charge in [-0.15, -0.1) is 11.8 Å². The first-order chi connectivity index (χ1) is 14.7. The van der Waals surface area contributed by atoms with E-state index in [2.05, 4.69) is 0 Å². The summed E-state index contributed by atoms with van der Waals surface area (Å²) in [6.07, 6.45) is -2.45. The first-order valence-electron chi connectivity index (χ1n) is 10.00. The number of aliphatic hydroxyl groups excluding tert-OH is 1. The van der Waals surface area contributed by atoms with Gasteiger partial charge < -0.3 is 24.1 Å². The van der Waals surface area contributed by atoms with E-state index in [-0.39, 0.29) is 6.61 Å². The van der Waals surface area contributed by atoms with Crippen LogP contribution in [0.4, 0.5) is 0 Å². The Labute approximate surface area is 181 Å². The molecule has 1 saturated heterocycles. The first-order valence-corrected chi connectivity index (χ1v) is 11.0. The standard InChI is InChI=1S/C23H28O6S/c1-3-30-23-21(29-22(25)17-12-8-5-9-13-17)20(26-2)19(18(14-24)28-23)27-15-16-10-6-4-7-11-16/h4-13,18-21,23-24H,3,14-15H2,1-2H3/t18-,19-,20+,21-,23+/m1/s1. The number of aliphatic hydroxyl groups is 1. The largest absolute Gasteiger partial charge is 0.452 e. The van der Waals surface area contributed by atoms with Gasteiger partial charge in [0, 0.05) is 7.11 Å². The summed E-state index contributed by atoms with van der Waals surface area (Å²) in [7, 11) is 1.56. The van der Waals surface area contributed by atoms with E-state index >= 15 is 0 Å². The molecule has 3 rings (SSSR count). The third-order valence-corrected chi connectivity index (χ3v) is 5.95. The number of hydrogen-bond donors (Lipinski definition) is 1. The number of esters is 1. The minimum Gasteiger partial charge on any atom is -0.452 e. The summed E-state index contributed by atoms with van der Waals surface area (Å²) in [6, 6.07) is 18.6. The third kappa shape index (κ3) is 5.62. The molecule has 0 saturated carbocycles. The predicted octanol–water partition coefficient (Wildman–Crippen LogP) is 3.28. The fraction of sp³-hybridized carbons (Fsp3) is 0.435. The Kier molecular flexibility index (Phi) is 8.72. The molecule has 2 aromatic rings. The molecule has 0 aromatic heterocycles. The monoisotopic (exact) mass is 432 g/mol. The van der Waals surface area contributed by atoms with Crippen molar-refractivity contribution in [3.8, 4) is 0 Å². The SMILES string of the molecule is CCS[C@@H]1O[C@H](CO)[C@@H](OCc2ccccc2)[C@H](OC)[C@H]1OC(=O)c1ccccc1. The zero-order chi connectivity index (χ0) is 21.3. The quantitative estimate of drug-likeness (QED) is 0.610. The molecule has 0 bridgehead atoms. The number of benzene rings is 2. The Morgan fingerprint density at radius 1 is 1.03 bits per heavy atom. The number of carbonyl (C=O) groups excluding carboxylic acids is 1. The third-order valence-electron chi connectivity index (χ3n) is 4.91. The summed E-state index contributed by atoms with van der Waals surface area (Å²) in [5.74, 6) is 0.311. The van der Waals surface area contributed by atoms with Gasteiger partial charge in [-0.3, -0.25) is 0 Å². The normalized spacial score (nSPS) is 26.3. The highest BCUT2D eigenvalue weighted by Gasteiger charge is 2.49. The van der Waals surface area contributed by atoms with Gasteiger partial charge in [-0.1, -0.05) is 55.5 Å². The Balaban J connectivity index is 1.80. The lowest BCUT2D eigenvalue weighted by molar-refractivity contribution is -0.230. The fourth-order valence-electron chi connectivity index (χ4n) is 3.45. The van der Waals surface area contributed by atoms with E-state index in [0.717, 1.165) is 11.3 Å². The highest BCUT2D eigenvalue weighted by atomic mass is 32.2. The van der Waals surface area contributed by atoms with Crippen molar-refractivity contribution in [2.75, 3.05) is 19.5 Å². The first kappa shape index (κ1) is 22.8. The zero-order valence-corrected chi connectivity index (χ0v) is 18.0. The highest BCUT2D eigenvalue weighted by Crippen LogP contribution is 2.34. The van der Waals surface area contributed by atoms with E-state index in [1.807, 2.05) is 43.3 Å². The van der Waals surface area contributed by atoms with Crippen LogP contribution in [-0.2, 0) is 25.6 Å². The van der Waals surface area contributed by atoms with Crippen LogP contribution in [0, 0.1) is 0 Å². The van der Waals surface area contributed by atoms with Crippen LogP contribution in [0.2, 0.25) is 0 Å². The van der Waals surface area contributed by atoms with Gasteiger partial charge in [-0.25, -0.2) is 4.79 Å². The molecule has 1 aliphatic rings. The minimum absolute atomic E-state index is 0.223. The topological polar surface area (TPSA) is 74.2 Å². The molecule has 1 fully saturated rings. The molecule has 30 heavy (non-hydrogen) atoms. The van der Waals surface area contributed by atoms with Crippen LogP contribution in [0.3, 0.4) is 0 Å². The molecule has 5 atom stereocenters. The Bertz CT molecular complexity index is 772. The molecule has 7 heteroatoms. The number of carbonyl (C=O) groups is 1. The molecule has 2 aromatic carbocycles. The number of ether oxygens (including phenoxy) is 4. The van der Waals surface area contributed by atoms with Crippen LogP contribution in [0.15, 0.2) is 60.7 Å². The Hall–Kier alpha value is -1.90. The fourth-order valence-corrected chi connectivity index (χ4v) is 4.40. The van der Waals surface area contributed by atoms with E-state index in [1.165, 1.54) is 11.8 Å². The van der Waals surface area contributed by atoms with Crippen molar-refractivity contribution in [2.24, 2.45) is 0 Å². The van der Waals surface area contributed by atoms with Crippen molar-refractivity contribution in [1.29, 1.82) is 0 Å². The van der Waals surface area contributed by atoms with Gasteiger partial charge in [0.15, 0.2) is 6.10 Å². The van der Waals surface area contributed by atoms with Crippen molar-refractivity contribution >= 4 is 17.7 Å². The average Bonchev–Trinajstić information content (AvgIpc) is 2.80. The lowest BCUT2D eigenvalue weighted by Gasteiger charge is -2.44. The molecule has 1 N–H and O–H groups in total. The molecule has 1 aliphatic heterocycles. The highest BCUT2D eigenvalue weighted by molar-refractivity contribution is 7.99. The molecule has 1 heterocycles. The van der Waals surface area contributed by atoms with Crippen LogP contribution >= 0.6 is 11.8 Å². The van der Waals surface area contributed by atoms with Gasteiger partial charge in [-0.2, -0.15) is 0 Å². The van der Waals surface area contributed by atoms with Gasteiger partial charge in [0.05, 0.1) is 18.8 Å². The maximum absolute atomic E-state index is 12.7. The van der Waals surface area contributed by atoms with E-state index in [9.17, 15) is 9.90 Å². The Morgan fingerprint density at radius 3 is 2.30 bits per heavy atom. The second kappa shape index (κ2) is 11.5. The maximum atomic E-state index is 12.7. The van der Waals surface area contributed by atoms with Crippen molar-refractivity contribution in [2.45, 2.75) is 43.4 Å². The summed E-state index contributed by atoms with van der Waals surface area (Å²) in [6.45, 7) is 2.10. The van der Waals surface area contributed by atoms with Crippen molar-refractivity contribution in [1.82, 2.24) is 0 Å².